The van der Waals surface area contributed by atoms with Gasteiger partial charge in [-0.15, -0.1) is 0 Å². The molecule has 3 rings (SSSR count). The second-order valence-electron chi connectivity index (χ2n) is 7.77. The molecule has 1 aromatic heterocycles. The number of aromatic nitrogens is 2. The minimum absolute atomic E-state index is 0.191. The molecular formula is C22H31N3O. The molecule has 1 aliphatic rings. The second kappa shape index (κ2) is 9.24. The standard InChI is InChI=1S/C22H31N3O/c1-17(2)22-23-13-10-20(24-22)16-25-14-11-19(12-15-25)21(26)9-8-18-6-4-3-5-7-18/h3-7,10,13,17,19,21,26H,8-9,11-12,14-16H2,1-2H3/t21-/m0/s1. The highest BCUT2D eigenvalue weighted by molar-refractivity contribution is 5.14. The Balaban J connectivity index is 1.44. The van der Waals surface area contributed by atoms with Crippen LogP contribution in [0.2, 0.25) is 0 Å². The van der Waals surface area contributed by atoms with Crippen LogP contribution in [0.5, 0.6) is 0 Å². The van der Waals surface area contributed by atoms with E-state index >= 15 is 0 Å². The summed E-state index contributed by atoms with van der Waals surface area (Å²) in [5, 5.41) is 10.6. The molecule has 1 N–H and O–H groups in total. The van der Waals surface area contributed by atoms with E-state index in [-0.39, 0.29) is 6.10 Å². The van der Waals surface area contributed by atoms with Crippen molar-refractivity contribution in [3.05, 3.63) is 59.7 Å². The lowest BCUT2D eigenvalue weighted by Gasteiger charge is -2.34. The van der Waals surface area contributed by atoms with Gasteiger partial charge in [-0.05, 0) is 56.3 Å². The predicted molar refractivity (Wildman–Crippen MR) is 105 cm³/mol. The molecule has 2 heterocycles. The highest BCUT2D eigenvalue weighted by Crippen LogP contribution is 2.24. The van der Waals surface area contributed by atoms with E-state index in [9.17, 15) is 5.11 Å². The maximum Gasteiger partial charge on any atom is 0.131 e. The molecule has 0 spiro atoms. The number of hydrogen-bond acceptors (Lipinski definition) is 4. The Morgan fingerprint density at radius 3 is 2.54 bits per heavy atom. The summed E-state index contributed by atoms with van der Waals surface area (Å²) in [5.74, 6) is 1.71. The summed E-state index contributed by atoms with van der Waals surface area (Å²) in [4.78, 5) is 11.5. The molecule has 0 saturated carbocycles. The highest BCUT2D eigenvalue weighted by atomic mass is 16.3. The number of aliphatic hydroxyl groups is 1. The zero-order valence-electron chi connectivity index (χ0n) is 16.0. The van der Waals surface area contributed by atoms with Gasteiger partial charge in [0, 0.05) is 18.7 Å². The van der Waals surface area contributed by atoms with Gasteiger partial charge in [-0.2, -0.15) is 0 Å². The molecule has 26 heavy (non-hydrogen) atoms. The molecule has 4 nitrogen and oxygen atoms in total. The molecule has 1 atom stereocenters. The van der Waals surface area contributed by atoms with Crippen LogP contribution in [0.1, 0.15) is 56.1 Å². The normalized spacial score (nSPS) is 17.5. The monoisotopic (exact) mass is 353 g/mol. The Bertz CT molecular complexity index is 666. The van der Waals surface area contributed by atoms with Crippen molar-refractivity contribution in [3.8, 4) is 0 Å². The SMILES string of the molecule is CC(C)c1nccc(CN2CCC([C@@H](O)CCc3ccccc3)CC2)n1. The lowest BCUT2D eigenvalue weighted by molar-refractivity contribution is 0.0516. The van der Waals surface area contributed by atoms with Crippen LogP contribution in [-0.2, 0) is 13.0 Å². The highest BCUT2D eigenvalue weighted by Gasteiger charge is 2.25. The number of aliphatic hydroxyl groups excluding tert-OH is 1. The Hall–Kier alpha value is -1.78. The van der Waals surface area contributed by atoms with Gasteiger partial charge in [0.05, 0.1) is 11.8 Å². The van der Waals surface area contributed by atoms with Gasteiger partial charge in [0.1, 0.15) is 5.82 Å². The number of rotatable bonds is 7. The van der Waals surface area contributed by atoms with Crippen molar-refractivity contribution in [3.63, 3.8) is 0 Å². The van der Waals surface area contributed by atoms with Crippen molar-refractivity contribution in [2.75, 3.05) is 13.1 Å². The Morgan fingerprint density at radius 2 is 1.85 bits per heavy atom. The first-order valence-electron chi connectivity index (χ1n) is 9.88. The average molecular weight is 354 g/mol. The van der Waals surface area contributed by atoms with Crippen LogP contribution in [0.4, 0.5) is 0 Å². The number of piperidine rings is 1. The van der Waals surface area contributed by atoms with E-state index < -0.39 is 0 Å². The first-order valence-corrected chi connectivity index (χ1v) is 9.88. The topological polar surface area (TPSA) is 49.2 Å². The molecule has 0 amide bonds. The molecule has 0 unspecified atom stereocenters. The van der Waals surface area contributed by atoms with Crippen LogP contribution in [-0.4, -0.2) is 39.2 Å². The van der Waals surface area contributed by atoms with Crippen LogP contribution in [0, 0.1) is 5.92 Å². The summed E-state index contributed by atoms with van der Waals surface area (Å²) in [6.07, 6.45) is 5.64. The first-order chi connectivity index (χ1) is 12.6. The molecule has 1 fully saturated rings. The first kappa shape index (κ1) is 19.0. The lowest BCUT2D eigenvalue weighted by atomic mass is 9.88. The zero-order chi connectivity index (χ0) is 18.4. The molecule has 1 saturated heterocycles. The molecular weight excluding hydrogens is 322 g/mol. The van der Waals surface area contributed by atoms with Gasteiger partial charge in [-0.25, -0.2) is 9.97 Å². The maximum atomic E-state index is 10.6. The van der Waals surface area contributed by atoms with E-state index in [1.165, 1.54) is 5.56 Å². The second-order valence-corrected chi connectivity index (χ2v) is 7.77. The van der Waals surface area contributed by atoms with Gasteiger partial charge in [-0.1, -0.05) is 44.2 Å². The molecule has 1 aliphatic heterocycles. The third-order valence-electron chi connectivity index (χ3n) is 5.38. The summed E-state index contributed by atoms with van der Waals surface area (Å²) in [6.45, 7) is 7.21. The third-order valence-corrected chi connectivity index (χ3v) is 5.38. The largest absolute Gasteiger partial charge is 0.393 e. The summed E-state index contributed by atoms with van der Waals surface area (Å²) >= 11 is 0. The van der Waals surface area contributed by atoms with Crippen molar-refractivity contribution < 1.29 is 5.11 Å². The quantitative estimate of drug-likeness (QED) is 0.822. The summed E-state index contributed by atoms with van der Waals surface area (Å²) in [7, 11) is 0. The van der Waals surface area contributed by atoms with Gasteiger partial charge in [-0.3, -0.25) is 4.90 Å². The van der Waals surface area contributed by atoms with E-state index in [4.69, 9.17) is 0 Å². The summed E-state index contributed by atoms with van der Waals surface area (Å²) in [5.41, 5.74) is 2.42. The lowest BCUT2D eigenvalue weighted by Crippen LogP contribution is -2.37. The Kier molecular flexibility index (Phi) is 6.75. The van der Waals surface area contributed by atoms with E-state index in [1.807, 2.05) is 18.3 Å². The molecule has 0 radical (unpaired) electrons. The molecule has 0 aliphatic carbocycles. The molecule has 140 valence electrons. The number of hydrogen-bond donors (Lipinski definition) is 1. The average Bonchev–Trinajstić information content (AvgIpc) is 2.68. The number of nitrogens with zero attached hydrogens (tertiary/aromatic N) is 3. The smallest absolute Gasteiger partial charge is 0.131 e. The maximum absolute atomic E-state index is 10.6. The van der Waals surface area contributed by atoms with E-state index in [0.29, 0.717) is 11.8 Å². The van der Waals surface area contributed by atoms with Crippen LogP contribution in [0.15, 0.2) is 42.6 Å². The van der Waals surface area contributed by atoms with Crippen molar-refractivity contribution >= 4 is 0 Å². The van der Waals surface area contributed by atoms with Gasteiger partial charge in [0.15, 0.2) is 0 Å². The van der Waals surface area contributed by atoms with Crippen molar-refractivity contribution in [2.45, 2.75) is 58.1 Å². The Labute approximate surface area is 157 Å². The third kappa shape index (κ3) is 5.36. The number of likely N-dealkylation sites (tertiary alicyclic amines) is 1. The summed E-state index contributed by atoms with van der Waals surface area (Å²) in [6, 6.07) is 12.5. The molecule has 2 aromatic rings. The Morgan fingerprint density at radius 1 is 1.12 bits per heavy atom. The molecule has 4 heteroatoms. The number of aryl methyl sites for hydroxylation is 1. The van der Waals surface area contributed by atoms with Gasteiger partial charge >= 0.3 is 0 Å². The van der Waals surface area contributed by atoms with Crippen LogP contribution < -0.4 is 0 Å². The fourth-order valence-electron chi connectivity index (χ4n) is 3.70. The van der Waals surface area contributed by atoms with Crippen molar-refractivity contribution in [2.24, 2.45) is 5.92 Å². The molecule has 1 aromatic carbocycles. The minimum atomic E-state index is -0.191. The van der Waals surface area contributed by atoms with Crippen LogP contribution in [0.25, 0.3) is 0 Å². The number of benzene rings is 1. The van der Waals surface area contributed by atoms with Gasteiger partial charge < -0.3 is 5.11 Å². The van der Waals surface area contributed by atoms with Crippen LogP contribution >= 0.6 is 0 Å². The fraction of sp³-hybridized carbons (Fsp3) is 0.545. The molecule has 0 bridgehead atoms. The van der Waals surface area contributed by atoms with Crippen molar-refractivity contribution in [1.82, 2.24) is 14.9 Å². The minimum Gasteiger partial charge on any atom is -0.393 e. The van der Waals surface area contributed by atoms with Gasteiger partial charge in [0.2, 0.25) is 0 Å². The van der Waals surface area contributed by atoms with E-state index in [1.54, 1.807) is 0 Å². The zero-order valence-corrected chi connectivity index (χ0v) is 16.0. The van der Waals surface area contributed by atoms with Crippen LogP contribution in [0.3, 0.4) is 0 Å². The predicted octanol–water partition coefficient (Wildman–Crippen LogP) is 3.81. The van der Waals surface area contributed by atoms with Crippen molar-refractivity contribution in [1.29, 1.82) is 0 Å². The van der Waals surface area contributed by atoms with E-state index in [0.717, 1.165) is 56.8 Å². The summed E-state index contributed by atoms with van der Waals surface area (Å²) < 4.78 is 0. The fourth-order valence-corrected chi connectivity index (χ4v) is 3.70. The van der Waals surface area contributed by atoms with E-state index in [2.05, 4.69) is 53.0 Å². The van der Waals surface area contributed by atoms with Gasteiger partial charge in [0.25, 0.3) is 0 Å².